The normalized spacial score (nSPS) is 27.1. The maximum atomic E-state index is 12.5. The number of carbonyl (C=O) groups is 1. The molecule has 0 radical (unpaired) electrons. The molecule has 0 aromatic heterocycles. The van der Waals surface area contributed by atoms with Crippen molar-refractivity contribution in [2.75, 3.05) is 0 Å². The maximum Gasteiger partial charge on any atom is 0.391 e. The molecule has 0 saturated heterocycles. The van der Waals surface area contributed by atoms with Gasteiger partial charge in [-0.3, -0.25) is 4.79 Å². The van der Waals surface area contributed by atoms with Crippen molar-refractivity contribution in [3.63, 3.8) is 0 Å². The molecule has 0 aromatic rings. The van der Waals surface area contributed by atoms with E-state index in [4.69, 9.17) is 5.73 Å². The number of nitrogens with two attached hydrogens (primary N) is 1. The highest BCUT2D eigenvalue weighted by Gasteiger charge is 2.41. The summed E-state index contributed by atoms with van der Waals surface area (Å²) < 4.78 is 37.4. The molecule has 1 rings (SSSR count). The molecule has 1 aliphatic rings. The van der Waals surface area contributed by atoms with Gasteiger partial charge < -0.3 is 11.1 Å². The quantitative estimate of drug-likeness (QED) is 0.823. The highest BCUT2D eigenvalue weighted by atomic mass is 19.4. The van der Waals surface area contributed by atoms with Crippen molar-refractivity contribution >= 4 is 5.91 Å². The number of carbonyl (C=O) groups excluding carboxylic acids is 1. The molecule has 0 unspecified atom stereocenters. The van der Waals surface area contributed by atoms with Crippen LogP contribution in [0, 0.1) is 11.8 Å². The van der Waals surface area contributed by atoms with Crippen LogP contribution in [0.25, 0.3) is 0 Å². The Hall–Kier alpha value is -0.780. The van der Waals surface area contributed by atoms with Gasteiger partial charge in [0.1, 0.15) is 0 Å². The first-order valence-electron chi connectivity index (χ1n) is 6.34. The molecule has 1 amide bonds. The number of rotatable bonds is 3. The van der Waals surface area contributed by atoms with Gasteiger partial charge in [0.2, 0.25) is 5.91 Å². The summed E-state index contributed by atoms with van der Waals surface area (Å²) >= 11 is 0. The van der Waals surface area contributed by atoms with Crippen molar-refractivity contribution in [2.24, 2.45) is 17.6 Å². The van der Waals surface area contributed by atoms with Crippen LogP contribution in [0.3, 0.4) is 0 Å². The van der Waals surface area contributed by atoms with Crippen LogP contribution in [-0.4, -0.2) is 24.2 Å². The fraction of sp³-hybridized carbons (Fsp3) is 0.917. The first kappa shape index (κ1) is 15.3. The number of hydrogen-bond acceptors (Lipinski definition) is 2. The average molecular weight is 266 g/mol. The van der Waals surface area contributed by atoms with Gasteiger partial charge in [-0.25, -0.2) is 0 Å². The zero-order chi connectivity index (χ0) is 13.9. The topological polar surface area (TPSA) is 55.1 Å². The van der Waals surface area contributed by atoms with Crippen molar-refractivity contribution < 1.29 is 18.0 Å². The van der Waals surface area contributed by atoms with Gasteiger partial charge >= 0.3 is 6.18 Å². The van der Waals surface area contributed by atoms with Gasteiger partial charge in [-0.1, -0.05) is 13.8 Å². The van der Waals surface area contributed by atoms with E-state index in [1.54, 1.807) is 0 Å². The Morgan fingerprint density at radius 1 is 1.22 bits per heavy atom. The lowest BCUT2D eigenvalue weighted by atomic mass is 9.85. The predicted molar refractivity (Wildman–Crippen MR) is 62.8 cm³/mol. The number of hydrogen-bond donors (Lipinski definition) is 2. The Labute approximate surface area is 105 Å². The molecule has 106 valence electrons. The Balaban J connectivity index is 2.38. The number of amides is 1. The molecule has 0 spiro atoms. The standard InChI is InChI=1S/C12H21F3N2O/c1-7(2)10(16)11(18)17-9-5-3-8(4-6-9)12(13,14)15/h7-10H,3-6,16H2,1-2H3,(H,17,18)/t8?,9?,10-/m0/s1. The molecule has 3 N–H and O–H groups in total. The van der Waals surface area contributed by atoms with Crippen LogP contribution in [-0.2, 0) is 4.79 Å². The van der Waals surface area contributed by atoms with E-state index in [9.17, 15) is 18.0 Å². The lowest BCUT2D eigenvalue weighted by molar-refractivity contribution is -0.182. The Morgan fingerprint density at radius 3 is 2.11 bits per heavy atom. The van der Waals surface area contributed by atoms with Crippen molar-refractivity contribution in [3.05, 3.63) is 0 Å². The Bertz CT molecular complexity index is 284. The summed E-state index contributed by atoms with van der Waals surface area (Å²) in [4.78, 5) is 11.7. The summed E-state index contributed by atoms with van der Waals surface area (Å²) in [5.74, 6) is -1.46. The molecule has 1 atom stereocenters. The van der Waals surface area contributed by atoms with Crippen LogP contribution in [0.15, 0.2) is 0 Å². The lowest BCUT2D eigenvalue weighted by Crippen LogP contribution is -2.49. The minimum atomic E-state index is -4.11. The van der Waals surface area contributed by atoms with Crippen LogP contribution in [0.5, 0.6) is 0 Å². The smallest absolute Gasteiger partial charge is 0.352 e. The summed E-state index contributed by atoms with van der Waals surface area (Å²) in [5.41, 5.74) is 5.68. The molecule has 3 nitrogen and oxygen atoms in total. The van der Waals surface area contributed by atoms with E-state index >= 15 is 0 Å². The molecule has 1 saturated carbocycles. The molecule has 18 heavy (non-hydrogen) atoms. The second-order valence-electron chi connectivity index (χ2n) is 5.37. The van der Waals surface area contributed by atoms with Crippen molar-refractivity contribution in [2.45, 2.75) is 57.8 Å². The van der Waals surface area contributed by atoms with E-state index in [1.807, 2.05) is 13.8 Å². The van der Waals surface area contributed by atoms with E-state index in [-0.39, 0.29) is 30.7 Å². The SMILES string of the molecule is CC(C)[C@H](N)C(=O)NC1CCC(C(F)(F)F)CC1. The molecular formula is C12H21F3N2O. The summed E-state index contributed by atoms with van der Waals surface area (Å²) in [7, 11) is 0. The van der Waals surface area contributed by atoms with Crippen molar-refractivity contribution in [1.82, 2.24) is 5.32 Å². The molecular weight excluding hydrogens is 245 g/mol. The predicted octanol–water partition coefficient (Wildman–Crippen LogP) is 2.21. The molecule has 0 heterocycles. The van der Waals surface area contributed by atoms with Gasteiger partial charge in [-0.05, 0) is 31.6 Å². The average Bonchev–Trinajstić information content (AvgIpc) is 2.27. The zero-order valence-corrected chi connectivity index (χ0v) is 10.8. The highest BCUT2D eigenvalue weighted by molar-refractivity contribution is 5.82. The second kappa shape index (κ2) is 5.91. The van der Waals surface area contributed by atoms with Gasteiger partial charge in [-0.2, -0.15) is 13.2 Å². The fourth-order valence-corrected chi connectivity index (χ4v) is 2.17. The number of alkyl halides is 3. The molecule has 6 heteroatoms. The van der Waals surface area contributed by atoms with E-state index in [0.717, 1.165) is 0 Å². The first-order chi connectivity index (χ1) is 8.21. The molecule has 1 aliphatic carbocycles. The van der Waals surface area contributed by atoms with Gasteiger partial charge in [0.15, 0.2) is 0 Å². The van der Waals surface area contributed by atoms with Crippen LogP contribution in [0.4, 0.5) is 13.2 Å². The largest absolute Gasteiger partial charge is 0.391 e. The summed E-state index contributed by atoms with van der Waals surface area (Å²) in [6, 6.07) is -0.758. The van der Waals surface area contributed by atoms with Gasteiger partial charge in [0.05, 0.1) is 12.0 Å². The highest BCUT2D eigenvalue weighted by Crippen LogP contribution is 2.37. The Kier molecular flexibility index (Phi) is 5.01. The third-order valence-electron chi connectivity index (χ3n) is 3.56. The van der Waals surface area contributed by atoms with Gasteiger partial charge in [0.25, 0.3) is 0 Å². The number of halogens is 3. The van der Waals surface area contributed by atoms with Crippen molar-refractivity contribution in [3.8, 4) is 0 Å². The van der Waals surface area contributed by atoms with E-state index in [0.29, 0.717) is 12.8 Å². The summed E-state index contributed by atoms with van der Waals surface area (Å²) in [6.07, 6.45) is -3.18. The first-order valence-corrected chi connectivity index (χ1v) is 6.34. The minimum Gasteiger partial charge on any atom is -0.352 e. The van der Waals surface area contributed by atoms with E-state index < -0.39 is 18.1 Å². The van der Waals surface area contributed by atoms with Gasteiger partial charge in [-0.15, -0.1) is 0 Å². The second-order valence-corrected chi connectivity index (χ2v) is 5.37. The molecule has 1 fully saturated rings. The Morgan fingerprint density at radius 2 is 1.72 bits per heavy atom. The third-order valence-corrected chi connectivity index (χ3v) is 3.56. The summed E-state index contributed by atoms with van der Waals surface area (Å²) in [6.45, 7) is 3.68. The van der Waals surface area contributed by atoms with E-state index in [2.05, 4.69) is 5.32 Å². The van der Waals surface area contributed by atoms with E-state index in [1.165, 1.54) is 0 Å². The molecule has 0 aliphatic heterocycles. The molecule has 0 aromatic carbocycles. The number of nitrogens with one attached hydrogen (secondary N) is 1. The van der Waals surface area contributed by atoms with Crippen LogP contribution in [0.1, 0.15) is 39.5 Å². The minimum absolute atomic E-state index is 0.0246. The van der Waals surface area contributed by atoms with Crippen LogP contribution in [0.2, 0.25) is 0 Å². The van der Waals surface area contributed by atoms with Crippen LogP contribution >= 0.6 is 0 Å². The van der Waals surface area contributed by atoms with Crippen LogP contribution < -0.4 is 11.1 Å². The third kappa shape index (κ3) is 4.15. The molecule has 0 bridgehead atoms. The van der Waals surface area contributed by atoms with Crippen molar-refractivity contribution in [1.29, 1.82) is 0 Å². The zero-order valence-electron chi connectivity index (χ0n) is 10.8. The summed E-state index contributed by atoms with van der Waals surface area (Å²) in [5, 5.41) is 2.74. The monoisotopic (exact) mass is 266 g/mol. The fourth-order valence-electron chi connectivity index (χ4n) is 2.17. The lowest BCUT2D eigenvalue weighted by Gasteiger charge is -2.31. The van der Waals surface area contributed by atoms with Gasteiger partial charge in [0, 0.05) is 6.04 Å². The maximum absolute atomic E-state index is 12.5.